The second-order valence-corrected chi connectivity index (χ2v) is 4.64. The Morgan fingerprint density at radius 1 is 1.17 bits per heavy atom. The van der Waals surface area contributed by atoms with E-state index in [-0.39, 0.29) is 0 Å². The second kappa shape index (κ2) is 5.56. The highest BCUT2D eigenvalue weighted by Gasteiger charge is 2.03. The van der Waals surface area contributed by atoms with Crippen molar-refractivity contribution in [3.8, 4) is 11.8 Å². The Labute approximate surface area is 114 Å². The molecule has 2 aromatic rings. The van der Waals surface area contributed by atoms with E-state index in [1.165, 1.54) is 0 Å². The molecule has 0 radical (unpaired) electrons. The Kier molecular flexibility index (Phi) is 3.85. The standard InChI is InChI=1S/C14H11BrN2O/c15-13-7-11(8-16)3-6-14(13)18-9-10-1-4-12(17)5-2-10/h1-7H,9,17H2. The predicted octanol–water partition coefficient (Wildman–Crippen LogP) is 3.48. The van der Waals surface area contributed by atoms with Crippen molar-refractivity contribution in [2.45, 2.75) is 6.61 Å². The highest BCUT2D eigenvalue weighted by atomic mass is 79.9. The molecule has 0 aliphatic rings. The summed E-state index contributed by atoms with van der Waals surface area (Å²) in [5, 5.41) is 8.76. The van der Waals surface area contributed by atoms with E-state index in [1.807, 2.05) is 24.3 Å². The minimum absolute atomic E-state index is 0.463. The van der Waals surface area contributed by atoms with E-state index >= 15 is 0 Å². The summed E-state index contributed by atoms with van der Waals surface area (Å²) in [5.41, 5.74) is 7.99. The van der Waals surface area contributed by atoms with Gasteiger partial charge in [0, 0.05) is 5.69 Å². The summed E-state index contributed by atoms with van der Waals surface area (Å²) in [4.78, 5) is 0. The van der Waals surface area contributed by atoms with Gasteiger partial charge in [-0.25, -0.2) is 0 Å². The third-order valence-electron chi connectivity index (χ3n) is 2.44. The fraction of sp³-hybridized carbons (Fsp3) is 0.0714. The number of nitrogens with zero attached hydrogens (tertiary/aromatic N) is 1. The van der Waals surface area contributed by atoms with Crippen LogP contribution >= 0.6 is 15.9 Å². The van der Waals surface area contributed by atoms with E-state index in [1.54, 1.807) is 18.2 Å². The zero-order valence-corrected chi connectivity index (χ0v) is 11.1. The van der Waals surface area contributed by atoms with Crippen LogP contribution in [0.15, 0.2) is 46.9 Å². The molecule has 0 atom stereocenters. The first-order valence-electron chi connectivity index (χ1n) is 5.36. The smallest absolute Gasteiger partial charge is 0.134 e. The molecule has 0 amide bonds. The van der Waals surface area contributed by atoms with Crippen molar-refractivity contribution in [2.75, 3.05) is 5.73 Å². The van der Waals surface area contributed by atoms with E-state index in [0.717, 1.165) is 15.7 Å². The van der Waals surface area contributed by atoms with Crippen LogP contribution in [-0.4, -0.2) is 0 Å². The average Bonchev–Trinajstić information content (AvgIpc) is 2.39. The van der Waals surface area contributed by atoms with Gasteiger partial charge in [0.1, 0.15) is 12.4 Å². The number of ether oxygens (including phenoxy) is 1. The molecule has 4 heteroatoms. The lowest BCUT2D eigenvalue weighted by Gasteiger charge is -2.08. The molecular weight excluding hydrogens is 292 g/mol. The van der Waals surface area contributed by atoms with Crippen LogP contribution in [0.2, 0.25) is 0 Å². The number of nitriles is 1. The second-order valence-electron chi connectivity index (χ2n) is 3.79. The summed E-state index contributed by atoms with van der Waals surface area (Å²) in [6.07, 6.45) is 0. The van der Waals surface area contributed by atoms with Gasteiger partial charge in [-0.05, 0) is 51.8 Å². The number of nitrogens with two attached hydrogens (primary N) is 1. The van der Waals surface area contributed by atoms with Crippen molar-refractivity contribution in [2.24, 2.45) is 0 Å². The van der Waals surface area contributed by atoms with E-state index in [4.69, 9.17) is 15.7 Å². The first-order chi connectivity index (χ1) is 8.69. The van der Waals surface area contributed by atoms with Crippen LogP contribution in [0, 0.1) is 11.3 Å². The number of hydrogen-bond donors (Lipinski definition) is 1. The average molecular weight is 303 g/mol. The Hall–Kier alpha value is -1.99. The summed E-state index contributed by atoms with van der Waals surface area (Å²) >= 11 is 3.38. The van der Waals surface area contributed by atoms with Gasteiger partial charge in [-0.15, -0.1) is 0 Å². The molecule has 3 nitrogen and oxygen atoms in total. The Balaban J connectivity index is 2.06. The predicted molar refractivity (Wildman–Crippen MR) is 74.0 cm³/mol. The van der Waals surface area contributed by atoms with E-state index in [2.05, 4.69) is 22.0 Å². The number of hydrogen-bond acceptors (Lipinski definition) is 3. The van der Waals surface area contributed by atoms with Crippen molar-refractivity contribution < 1.29 is 4.74 Å². The SMILES string of the molecule is N#Cc1ccc(OCc2ccc(N)cc2)c(Br)c1. The molecule has 2 aromatic carbocycles. The molecule has 90 valence electrons. The summed E-state index contributed by atoms with van der Waals surface area (Å²) in [7, 11) is 0. The van der Waals surface area contributed by atoms with Crippen molar-refractivity contribution in [1.29, 1.82) is 5.26 Å². The lowest BCUT2D eigenvalue weighted by molar-refractivity contribution is 0.304. The highest BCUT2D eigenvalue weighted by Crippen LogP contribution is 2.26. The number of rotatable bonds is 3. The number of benzene rings is 2. The maximum absolute atomic E-state index is 8.76. The van der Waals surface area contributed by atoms with Crippen LogP contribution in [-0.2, 0) is 6.61 Å². The largest absolute Gasteiger partial charge is 0.488 e. The van der Waals surface area contributed by atoms with Gasteiger partial charge >= 0.3 is 0 Å². The zero-order valence-electron chi connectivity index (χ0n) is 9.56. The third kappa shape index (κ3) is 3.02. The maximum Gasteiger partial charge on any atom is 0.134 e. The summed E-state index contributed by atoms with van der Waals surface area (Å²) in [6, 6.07) is 14.8. The van der Waals surface area contributed by atoms with Crippen LogP contribution in [0.5, 0.6) is 5.75 Å². The van der Waals surface area contributed by atoms with Crippen molar-refractivity contribution in [3.63, 3.8) is 0 Å². The highest BCUT2D eigenvalue weighted by molar-refractivity contribution is 9.10. The summed E-state index contributed by atoms with van der Waals surface area (Å²) in [6.45, 7) is 0.463. The van der Waals surface area contributed by atoms with Crippen molar-refractivity contribution >= 4 is 21.6 Å². The number of anilines is 1. The van der Waals surface area contributed by atoms with Gasteiger partial charge in [0.2, 0.25) is 0 Å². The fourth-order valence-corrected chi connectivity index (χ4v) is 1.96. The Morgan fingerprint density at radius 3 is 2.50 bits per heavy atom. The molecule has 0 aromatic heterocycles. The fourth-order valence-electron chi connectivity index (χ4n) is 1.46. The van der Waals surface area contributed by atoms with Gasteiger partial charge in [-0.1, -0.05) is 12.1 Å². The van der Waals surface area contributed by atoms with Crippen molar-refractivity contribution in [3.05, 3.63) is 58.1 Å². The molecule has 0 aliphatic heterocycles. The van der Waals surface area contributed by atoms with Gasteiger partial charge in [0.15, 0.2) is 0 Å². The van der Waals surface area contributed by atoms with E-state index in [0.29, 0.717) is 17.9 Å². The van der Waals surface area contributed by atoms with Gasteiger partial charge in [-0.2, -0.15) is 5.26 Å². The lowest BCUT2D eigenvalue weighted by Crippen LogP contribution is -1.96. The maximum atomic E-state index is 8.76. The van der Waals surface area contributed by atoms with Crippen LogP contribution in [0.25, 0.3) is 0 Å². The molecule has 2 N–H and O–H groups in total. The van der Waals surface area contributed by atoms with E-state index in [9.17, 15) is 0 Å². The van der Waals surface area contributed by atoms with Crippen LogP contribution < -0.4 is 10.5 Å². The molecule has 0 bridgehead atoms. The number of halogens is 1. The van der Waals surface area contributed by atoms with Crippen LogP contribution in [0.4, 0.5) is 5.69 Å². The summed E-state index contributed by atoms with van der Waals surface area (Å²) < 4.78 is 6.44. The molecule has 0 saturated heterocycles. The van der Waals surface area contributed by atoms with Gasteiger partial charge in [0.25, 0.3) is 0 Å². The quantitative estimate of drug-likeness (QED) is 0.883. The molecule has 0 heterocycles. The monoisotopic (exact) mass is 302 g/mol. The first-order valence-corrected chi connectivity index (χ1v) is 6.15. The molecular formula is C14H11BrN2O. The van der Waals surface area contributed by atoms with Gasteiger partial charge in [-0.3, -0.25) is 0 Å². The Morgan fingerprint density at radius 2 is 1.89 bits per heavy atom. The zero-order chi connectivity index (χ0) is 13.0. The number of nitrogen functional groups attached to an aromatic ring is 1. The molecule has 0 unspecified atom stereocenters. The van der Waals surface area contributed by atoms with Crippen molar-refractivity contribution in [1.82, 2.24) is 0 Å². The van der Waals surface area contributed by atoms with Gasteiger partial charge in [0.05, 0.1) is 16.1 Å². The molecule has 0 aliphatic carbocycles. The molecule has 18 heavy (non-hydrogen) atoms. The third-order valence-corrected chi connectivity index (χ3v) is 3.05. The summed E-state index contributed by atoms with van der Waals surface area (Å²) in [5.74, 6) is 0.714. The van der Waals surface area contributed by atoms with Gasteiger partial charge < -0.3 is 10.5 Å². The minimum Gasteiger partial charge on any atom is -0.488 e. The first kappa shape index (κ1) is 12.5. The normalized spacial score (nSPS) is 9.78. The molecule has 2 rings (SSSR count). The van der Waals surface area contributed by atoms with Crippen LogP contribution in [0.1, 0.15) is 11.1 Å². The van der Waals surface area contributed by atoms with E-state index < -0.39 is 0 Å². The molecule has 0 fully saturated rings. The lowest BCUT2D eigenvalue weighted by atomic mass is 10.2. The topological polar surface area (TPSA) is 59.0 Å². The Bertz CT molecular complexity index is 588. The molecule has 0 saturated carbocycles. The minimum atomic E-state index is 0.463. The van der Waals surface area contributed by atoms with Crippen LogP contribution in [0.3, 0.4) is 0 Å². The molecule has 0 spiro atoms.